The normalized spacial score (nSPS) is 18.5. The van der Waals surface area contributed by atoms with Gasteiger partial charge in [-0.3, -0.25) is 0 Å². The lowest BCUT2D eigenvalue weighted by molar-refractivity contribution is 0.0695. The van der Waals surface area contributed by atoms with Gasteiger partial charge in [0.2, 0.25) is 0 Å². The van der Waals surface area contributed by atoms with Crippen molar-refractivity contribution < 1.29 is 9.90 Å². The highest BCUT2D eigenvalue weighted by Crippen LogP contribution is 2.27. The van der Waals surface area contributed by atoms with Gasteiger partial charge in [-0.05, 0) is 52.9 Å². The number of carboxylic acids is 1. The molecule has 1 saturated heterocycles. The summed E-state index contributed by atoms with van der Waals surface area (Å²) >= 11 is 0. The van der Waals surface area contributed by atoms with Gasteiger partial charge in [0, 0.05) is 17.4 Å². The average molecular weight is 236 g/mol. The third kappa shape index (κ3) is 2.22. The van der Waals surface area contributed by atoms with Gasteiger partial charge in [0.05, 0.1) is 5.56 Å². The lowest BCUT2D eigenvalue weighted by Crippen LogP contribution is -2.32. The molecule has 0 spiro atoms. The quantitative estimate of drug-likeness (QED) is 0.855. The van der Waals surface area contributed by atoms with E-state index in [1.165, 1.54) is 0 Å². The van der Waals surface area contributed by atoms with Crippen LogP contribution in [-0.4, -0.2) is 40.7 Å². The van der Waals surface area contributed by atoms with E-state index < -0.39 is 5.97 Å². The van der Waals surface area contributed by atoms with E-state index in [1.54, 1.807) is 6.07 Å². The van der Waals surface area contributed by atoms with E-state index in [0.717, 1.165) is 37.3 Å². The summed E-state index contributed by atoms with van der Waals surface area (Å²) in [6.45, 7) is 6.08. The summed E-state index contributed by atoms with van der Waals surface area (Å²) in [5.41, 5.74) is 2.40. The van der Waals surface area contributed by atoms with Crippen LogP contribution in [0.2, 0.25) is 0 Å². The molecule has 1 N–H and O–H groups in total. The number of carboxylic acid groups (broad SMARTS) is 1. The molecule has 4 heteroatoms. The molecule has 1 fully saturated rings. The molecule has 4 nitrogen and oxygen atoms in total. The molecule has 0 saturated carbocycles. The second-order valence-electron chi connectivity index (χ2n) is 4.99. The second-order valence-corrected chi connectivity index (χ2v) is 4.99. The van der Waals surface area contributed by atoms with Crippen molar-refractivity contribution in [2.45, 2.75) is 32.7 Å². The van der Waals surface area contributed by atoms with Crippen LogP contribution in [0.25, 0.3) is 0 Å². The van der Waals surface area contributed by atoms with Crippen molar-refractivity contribution in [1.29, 1.82) is 0 Å². The molecule has 1 aromatic heterocycles. The number of aromatic nitrogens is 1. The minimum Gasteiger partial charge on any atom is -0.478 e. The van der Waals surface area contributed by atoms with E-state index in [-0.39, 0.29) is 0 Å². The third-order valence-electron chi connectivity index (χ3n) is 3.77. The van der Waals surface area contributed by atoms with E-state index in [0.29, 0.717) is 11.6 Å². The Hall–Kier alpha value is -1.29. The molecule has 17 heavy (non-hydrogen) atoms. The fraction of sp³-hybridized carbons (Fsp3) is 0.615. The Morgan fingerprint density at radius 1 is 1.35 bits per heavy atom. The summed E-state index contributed by atoms with van der Waals surface area (Å²) in [6.07, 6.45) is 2.21. The van der Waals surface area contributed by atoms with Crippen molar-refractivity contribution in [3.05, 3.63) is 23.0 Å². The van der Waals surface area contributed by atoms with Gasteiger partial charge < -0.3 is 14.6 Å². The smallest absolute Gasteiger partial charge is 0.337 e. The molecule has 0 aliphatic carbocycles. The van der Waals surface area contributed by atoms with Crippen LogP contribution in [0, 0.1) is 13.8 Å². The number of hydrogen-bond acceptors (Lipinski definition) is 2. The number of aryl methyl sites for hydroxylation is 1. The number of aromatic carboxylic acids is 1. The number of nitrogens with zero attached hydrogens (tertiary/aromatic N) is 2. The van der Waals surface area contributed by atoms with Crippen molar-refractivity contribution in [2.75, 3.05) is 20.1 Å². The van der Waals surface area contributed by atoms with Gasteiger partial charge in [0.1, 0.15) is 0 Å². The third-order valence-corrected chi connectivity index (χ3v) is 3.77. The van der Waals surface area contributed by atoms with Gasteiger partial charge in [-0.15, -0.1) is 0 Å². The number of hydrogen-bond donors (Lipinski definition) is 1. The molecule has 0 amide bonds. The molecule has 94 valence electrons. The molecule has 2 heterocycles. The molecule has 0 aromatic carbocycles. The summed E-state index contributed by atoms with van der Waals surface area (Å²) in [5.74, 6) is -0.822. The van der Waals surface area contributed by atoms with Crippen LogP contribution in [0.4, 0.5) is 0 Å². The summed E-state index contributed by atoms with van der Waals surface area (Å²) in [7, 11) is 2.13. The van der Waals surface area contributed by atoms with Gasteiger partial charge in [0.15, 0.2) is 0 Å². The van der Waals surface area contributed by atoms with E-state index in [4.69, 9.17) is 5.11 Å². The molecule has 0 bridgehead atoms. The molecule has 0 unspecified atom stereocenters. The summed E-state index contributed by atoms with van der Waals surface area (Å²) in [4.78, 5) is 13.4. The Morgan fingerprint density at radius 2 is 1.94 bits per heavy atom. The first-order valence-corrected chi connectivity index (χ1v) is 6.11. The Kier molecular flexibility index (Phi) is 3.24. The molecular weight excluding hydrogens is 216 g/mol. The van der Waals surface area contributed by atoms with E-state index in [1.807, 2.05) is 13.8 Å². The average Bonchev–Trinajstić information content (AvgIpc) is 2.56. The number of piperidine rings is 1. The Labute approximate surface area is 102 Å². The first kappa shape index (κ1) is 12.2. The minimum atomic E-state index is -0.822. The zero-order chi connectivity index (χ0) is 12.6. The molecular formula is C13H20N2O2. The van der Waals surface area contributed by atoms with Crippen molar-refractivity contribution in [1.82, 2.24) is 9.47 Å². The van der Waals surface area contributed by atoms with Gasteiger partial charge in [-0.2, -0.15) is 0 Å². The summed E-state index contributed by atoms with van der Waals surface area (Å²) in [6, 6.07) is 2.25. The van der Waals surface area contributed by atoms with Crippen molar-refractivity contribution in [3.8, 4) is 0 Å². The minimum absolute atomic E-state index is 0.446. The lowest BCUT2D eigenvalue weighted by atomic mass is 10.0. The van der Waals surface area contributed by atoms with E-state index >= 15 is 0 Å². The predicted octanol–water partition coefficient (Wildman–Crippen LogP) is 2.07. The van der Waals surface area contributed by atoms with Crippen LogP contribution >= 0.6 is 0 Å². The zero-order valence-corrected chi connectivity index (χ0v) is 10.7. The topological polar surface area (TPSA) is 45.5 Å². The van der Waals surface area contributed by atoms with Crippen molar-refractivity contribution in [2.24, 2.45) is 0 Å². The Bertz CT molecular complexity index is 429. The van der Waals surface area contributed by atoms with Gasteiger partial charge in [0.25, 0.3) is 0 Å². The van der Waals surface area contributed by atoms with Crippen LogP contribution in [0.3, 0.4) is 0 Å². The monoisotopic (exact) mass is 236 g/mol. The number of carbonyl (C=O) groups is 1. The van der Waals surface area contributed by atoms with Crippen molar-refractivity contribution >= 4 is 5.97 Å². The van der Waals surface area contributed by atoms with Gasteiger partial charge in [-0.1, -0.05) is 0 Å². The second kappa shape index (κ2) is 4.53. The predicted molar refractivity (Wildman–Crippen MR) is 66.6 cm³/mol. The lowest BCUT2D eigenvalue weighted by Gasteiger charge is -2.31. The first-order valence-electron chi connectivity index (χ1n) is 6.11. The van der Waals surface area contributed by atoms with Crippen LogP contribution in [0.5, 0.6) is 0 Å². The van der Waals surface area contributed by atoms with E-state index in [2.05, 4.69) is 16.5 Å². The fourth-order valence-electron chi connectivity index (χ4n) is 2.81. The number of likely N-dealkylation sites (tertiary alicyclic amines) is 1. The molecule has 0 atom stereocenters. The van der Waals surface area contributed by atoms with Gasteiger partial charge >= 0.3 is 5.97 Å². The highest BCUT2D eigenvalue weighted by Gasteiger charge is 2.23. The molecule has 1 aliphatic rings. The van der Waals surface area contributed by atoms with Gasteiger partial charge in [-0.25, -0.2) is 4.79 Å². The van der Waals surface area contributed by atoms with Crippen LogP contribution < -0.4 is 0 Å². The SMILES string of the molecule is Cc1cc(C(=O)O)c(C)n1C1CCN(C)CC1. The standard InChI is InChI=1S/C13H20N2O2/c1-9-8-12(13(16)17)10(2)15(9)11-4-6-14(3)7-5-11/h8,11H,4-7H2,1-3H3,(H,16,17). The zero-order valence-electron chi connectivity index (χ0n) is 10.7. The molecule has 1 aliphatic heterocycles. The molecule has 1 aromatic rings. The summed E-state index contributed by atoms with van der Waals surface area (Å²) in [5, 5.41) is 9.12. The highest BCUT2D eigenvalue weighted by molar-refractivity contribution is 5.89. The summed E-state index contributed by atoms with van der Waals surface area (Å²) < 4.78 is 2.20. The Balaban J connectivity index is 2.29. The number of rotatable bonds is 2. The maximum absolute atomic E-state index is 11.1. The maximum Gasteiger partial charge on any atom is 0.337 e. The molecule has 0 radical (unpaired) electrons. The first-order chi connectivity index (χ1) is 8.00. The molecule has 2 rings (SSSR count). The van der Waals surface area contributed by atoms with Crippen molar-refractivity contribution in [3.63, 3.8) is 0 Å². The van der Waals surface area contributed by atoms with Crippen LogP contribution in [0.1, 0.15) is 40.6 Å². The van der Waals surface area contributed by atoms with Crippen LogP contribution in [-0.2, 0) is 0 Å². The fourth-order valence-corrected chi connectivity index (χ4v) is 2.81. The Morgan fingerprint density at radius 3 is 2.41 bits per heavy atom. The highest BCUT2D eigenvalue weighted by atomic mass is 16.4. The largest absolute Gasteiger partial charge is 0.478 e. The van der Waals surface area contributed by atoms with E-state index in [9.17, 15) is 4.79 Å². The maximum atomic E-state index is 11.1. The van der Waals surface area contributed by atoms with Crippen LogP contribution in [0.15, 0.2) is 6.07 Å².